The van der Waals surface area contributed by atoms with Crippen molar-refractivity contribution in [3.8, 4) is 0 Å². The van der Waals surface area contributed by atoms with Gasteiger partial charge in [0.1, 0.15) is 0 Å². The minimum atomic E-state index is -0.858. The van der Waals surface area contributed by atoms with Crippen molar-refractivity contribution in [2.75, 3.05) is 13.1 Å². The van der Waals surface area contributed by atoms with Crippen LogP contribution in [0.15, 0.2) is 0 Å². The molecule has 21 heavy (non-hydrogen) atoms. The van der Waals surface area contributed by atoms with E-state index in [1.807, 2.05) is 11.8 Å². The first-order valence-corrected chi connectivity index (χ1v) is 8.23. The Balaban J connectivity index is 2.50. The SMILES string of the molecule is CCCC(CC(=O)O)NC(=O)N1CCC(CC)(CC)CC1. The lowest BCUT2D eigenvalue weighted by molar-refractivity contribution is -0.137. The average molecular weight is 298 g/mol. The molecule has 1 aliphatic rings. The molecule has 1 rings (SSSR count). The van der Waals surface area contributed by atoms with Crippen LogP contribution in [-0.2, 0) is 4.79 Å². The number of carbonyl (C=O) groups is 2. The highest BCUT2D eigenvalue weighted by molar-refractivity contribution is 5.76. The molecule has 0 aromatic rings. The maximum atomic E-state index is 12.3. The standard InChI is InChI=1S/C16H30N2O3/c1-4-7-13(12-14(19)20)17-15(21)18-10-8-16(5-2,6-3)9-11-18/h13H,4-12H2,1-3H3,(H,17,21)(H,19,20). The van der Waals surface area contributed by atoms with Crippen molar-refractivity contribution < 1.29 is 14.7 Å². The number of piperidine rings is 1. The van der Waals surface area contributed by atoms with Crippen LogP contribution in [0.1, 0.15) is 65.7 Å². The molecule has 0 aromatic carbocycles. The topological polar surface area (TPSA) is 69.6 Å². The van der Waals surface area contributed by atoms with Crippen LogP contribution in [0.2, 0.25) is 0 Å². The Morgan fingerprint density at radius 3 is 2.19 bits per heavy atom. The first-order chi connectivity index (χ1) is 9.96. The van der Waals surface area contributed by atoms with Gasteiger partial charge in [-0.25, -0.2) is 4.79 Å². The quantitative estimate of drug-likeness (QED) is 0.758. The summed E-state index contributed by atoms with van der Waals surface area (Å²) in [4.78, 5) is 25.0. The second-order valence-corrected chi connectivity index (χ2v) is 6.23. The number of likely N-dealkylation sites (tertiary alicyclic amines) is 1. The highest BCUT2D eigenvalue weighted by Crippen LogP contribution is 2.37. The number of urea groups is 1. The summed E-state index contributed by atoms with van der Waals surface area (Å²) in [5.74, 6) is -0.858. The van der Waals surface area contributed by atoms with E-state index < -0.39 is 5.97 Å². The van der Waals surface area contributed by atoms with Crippen molar-refractivity contribution in [1.82, 2.24) is 10.2 Å². The summed E-state index contributed by atoms with van der Waals surface area (Å²) in [6.45, 7) is 8.00. The zero-order chi connectivity index (χ0) is 15.9. The number of aliphatic carboxylic acids is 1. The van der Waals surface area contributed by atoms with Gasteiger partial charge >= 0.3 is 12.0 Å². The van der Waals surface area contributed by atoms with Crippen LogP contribution in [0.3, 0.4) is 0 Å². The van der Waals surface area contributed by atoms with E-state index in [0.717, 1.165) is 45.2 Å². The molecule has 5 nitrogen and oxygen atoms in total. The second-order valence-electron chi connectivity index (χ2n) is 6.23. The minimum Gasteiger partial charge on any atom is -0.481 e. The molecule has 1 fully saturated rings. The third-order valence-corrected chi connectivity index (χ3v) is 5.00. The number of amides is 2. The Kier molecular flexibility index (Phi) is 6.99. The highest BCUT2D eigenvalue weighted by Gasteiger charge is 2.33. The van der Waals surface area contributed by atoms with Crippen molar-refractivity contribution in [3.63, 3.8) is 0 Å². The molecule has 1 saturated heterocycles. The number of carboxylic acid groups (broad SMARTS) is 1. The van der Waals surface area contributed by atoms with Gasteiger partial charge in [0.2, 0.25) is 0 Å². The van der Waals surface area contributed by atoms with Gasteiger partial charge in [0.15, 0.2) is 0 Å². The Morgan fingerprint density at radius 1 is 1.19 bits per heavy atom. The number of rotatable bonds is 7. The maximum absolute atomic E-state index is 12.3. The molecule has 0 bridgehead atoms. The van der Waals surface area contributed by atoms with Gasteiger partial charge in [-0.3, -0.25) is 4.79 Å². The lowest BCUT2D eigenvalue weighted by Gasteiger charge is -2.41. The van der Waals surface area contributed by atoms with E-state index in [9.17, 15) is 9.59 Å². The summed E-state index contributed by atoms with van der Waals surface area (Å²) in [7, 11) is 0. The van der Waals surface area contributed by atoms with Gasteiger partial charge in [-0.15, -0.1) is 0 Å². The fourth-order valence-electron chi connectivity index (χ4n) is 3.19. The van der Waals surface area contributed by atoms with E-state index in [2.05, 4.69) is 19.2 Å². The van der Waals surface area contributed by atoms with Gasteiger partial charge in [-0.2, -0.15) is 0 Å². The highest BCUT2D eigenvalue weighted by atomic mass is 16.4. The van der Waals surface area contributed by atoms with Crippen molar-refractivity contribution in [1.29, 1.82) is 0 Å². The Labute approximate surface area is 128 Å². The van der Waals surface area contributed by atoms with E-state index in [0.29, 0.717) is 11.8 Å². The summed E-state index contributed by atoms with van der Waals surface area (Å²) in [6, 6.07) is -0.362. The predicted octanol–water partition coefficient (Wildman–Crippen LogP) is 3.24. The monoisotopic (exact) mass is 298 g/mol. The Hall–Kier alpha value is -1.26. The molecule has 5 heteroatoms. The van der Waals surface area contributed by atoms with Gasteiger partial charge in [-0.1, -0.05) is 40.0 Å². The van der Waals surface area contributed by atoms with Crippen molar-refractivity contribution in [2.45, 2.75) is 71.8 Å². The number of nitrogens with zero attached hydrogens (tertiary/aromatic N) is 1. The average Bonchev–Trinajstić information content (AvgIpc) is 2.47. The normalized spacial score (nSPS) is 19.1. The molecule has 0 radical (unpaired) electrons. The van der Waals surface area contributed by atoms with Crippen molar-refractivity contribution in [3.05, 3.63) is 0 Å². The molecule has 2 N–H and O–H groups in total. The van der Waals surface area contributed by atoms with E-state index in [1.54, 1.807) is 0 Å². The summed E-state index contributed by atoms with van der Waals surface area (Å²) < 4.78 is 0. The van der Waals surface area contributed by atoms with Crippen LogP contribution >= 0.6 is 0 Å². The number of carboxylic acids is 1. The fraction of sp³-hybridized carbons (Fsp3) is 0.875. The molecule has 0 aromatic heterocycles. The molecule has 1 heterocycles. The zero-order valence-corrected chi connectivity index (χ0v) is 13.7. The largest absolute Gasteiger partial charge is 0.481 e. The van der Waals surface area contributed by atoms with E-state index >= 15 is 0 Å². The van der Waals surface area contributed by atoms with Crippen LogP contribution in [0.25, 0.3) is 0 Å². The molecule has 1 aliphatic heterocycles. The maximum Gasteiger partial charge on any atom is 0.317 e. The van der Waals surface area contributed by atoms with Crippen LogP contribution in [0, 0.1) is 5.41 Å². The summed E-state index contributed by atoms with van der Waals surface area (Å²) in [5.41, 5.74) is 0.390. The van der Waals surface area contributed by atoms with E-state index in [1.165, 1.54) is 0 Å². The van der Waals surface area contributed by atoms with Crippen LogP contribution < -0.4 is 5.32 Å². The zero-order valence-electron chi connectivity index (χ0n) is 13.7. The molecular weight excluding hydrogens is 268 g/mol. The summed E-state index contributed by atoms with van der Waals surface area (Å²) in [6.07, 6.45) is 6.00. The van der Waals surface area contributed by atoms with Crippen LogP contribution in [-0.4, -0.2) is 41.1 Å². The molecular formula is C16H30N2O3. The van der Waals surface area contributed by atoms with Crippen molar-refractivity contribution in [2.24, 2.45) is 5.41 Å². The van der Waals surface area contributed by atoms with Crippen molar-refractivity contribution >= 4 is 12.0 Å². The number of hydrogen-bond donors (Lipinski definition) is 2. The fourth-order valence-corrected chi connectivity index (χ4v) is 3.19. The molecule has 1 atom stereocenters. The molecule has 122 valence electrons. The second kappa shape index (κ2) is 8.25. The summed E-state index contributed by atoms with van der Waals surface area (Å²) >= 11 is 0. The van der Waals surface area contributed by atoms with Gasteiger partial charge in [0, 0.05) is 19.1 Å². The van der Waals surface area contributed by atoms with Gasteiger partial charge in [0.25, 0.3) is 0 Å². The van der Waals surface area contributed by atoms with Gasteiger partial charge in [0.05, 0.1) is 6.42 Å². The molecule has 0 aliphatic carbocycles. The number of carbonyl (C=O) groups excluding carboxylic acids is 1. The van der Waals surface area contributed by atoms with Crippen LogP contribution in [0.4, 0.5) is 4.79 Å². The van der Waals surface area contributed by atoms with Crippen LogP contribution in [0.5, 0.6) is 0 Å². The van der Waals surface area contributed by atoms with E-state index in [4.69, 9.17) is 5.11 Å². The number of hydrogen-bond acceptors (Lipinski definition) is 2. The lowest BCUT2D eigenvalue weighted by Crippen LogP contribution is -2.50. The lowest BCUT2D eigenvalue weighted by atomic mass is 9.74. The third kappa shape index (κ3) is 5.21. The molecule has 1 unspecified atom stereocenters. The van der Waals surface area contributed by atoms with Gasteiger partial charge in [-0.05, 0) is 24.7 Å². The van der Waals surface area contributed by atoms with E-state index in [-0.39, 0.29) is 18.5 Å². The first kappa shape index (κ1) is 17.8. The smallest absolute Gasteiger partial charge is 0.317 e. The molecule has 0 spiro atoms. The Bertz CT molecular complexity index is 343. The van der Waals surface area contributed by atoms with Gasteiger partial charge < -0.3 is 15.3 Å². The third-order valence-electron chi connectivity index (χ3n) is 5.00. The molecule has 2 amide bonds. The number of nitrogens with one attached hydrogen (secondary N) is 1. The molecule has 0 saturated carbocycles. The Morgan fingerprint density at radius 2 is 1.76 bits per heavy atom. The minimum absolute atomic E-state index is 0.00127. The summed E-state index contributed by atoms with van der Waals surface area (Å²) in [5, 5.41) is 11.8. The predicted molar refractivity (Wildman–Crippen MR) is 83.3 cm³/mol. The first-order valence-electron chi connectivity index (χ1n) is 8.23.